The fourth-order valence-corrected chi connectivity index (χ4v) is 5.46. The number of hydrogen-bond acceptors (Lipinski definition) is 6. The van der Waals surface area contributed by atoms with Gasteiger partial charge in [0.25, 0.3) is 10.2 Å². The molecule has 3 unspecified atom stereocenters. The van der Waals surface area contributed by atoms with Gasteiger partial charge in [0.1, 0.15) is 0 Å². The summed E-state index contributed by atoms with van der Waals surface area (Å²) in [5, 5.41) is 23.0. The first-order valence-electron chi connectivity index (χ1n) is 11.8. The van der Waals surface area contributed by atoms with Gasteiger partial charge in [-0.25, -0.2) is 0 Å². The molecule has 0 saturated carbocycles. The van der Waals surface area contributed by atoms with Gasteiger partial charge in [0.15, 0.2) is 0 Å². The number of amides is 2. The van der Waals surface area contributed by atoms with Crippen molar-refractivity contribution in [3.8, 4) is 0 Å². The maximum absolute atomic E-state index is 13.2. The normalized spacial score (nSPS) is 14.9. The highest BCUT2D eigenvalue weighted by molar-refractivity contribution is 7.87. The fraction of sp³-hybridized carbons (Fsp3) is 0.625. The molecule has 0 saturated heterocycles. The van der Waals surface area contributed by atoms with E-state index in [4.69, 9.17) is 10.8 Å². The first kappa shape index (κ1) is 31.5. The quantitative estimate of drug-likeness (QED) is 0.209. The number of aliphatic carboxylic acids is 1. The van der Waals surface area contributed by atoms with E-state index in [1.165, 1.54) is 20.8 Å². The van der Waals surface area contributed by atoms with Gasteiger partial charge in [0.05, 0.1) is 18.6 Å². The summed E-state index contributed by atoms with van der Waals surface area (Å²) in [6.07, 6.45) is -1.71. The second-order valence-corrected chi connectivity index (χ2v) is 11.9. The van der Waals surface area contributed by atoms with Gasteiger partial charge < -0.3 is 21.3 Å². The first-order valence-corrected chi connectivity index (χ1v) is 13.3. The van der Waals surface area contributed by atoms with Gasteiger partial charge in [0, 0.05) is 31.0 Å². The summed E-state index contributed by atoms with van der Waals surface area (Å²) < 4.78 is 29.9. The van der Waals surface area contributed by atoms with Crippen molar-refractivity contribution in [2.24, 2.45) is 17.6 Å². The van der Waals surface area contributed by atoms with Gasteiger partial charge in [0.2, 0.25) is 11.8 Å². The minimum Gasteiger partial charge on any atom is -0.481 e. The third-order valence-corrected chi connectivity index (χ3v) is 7.13. The molecule has 3 atom stereocenters. The van der Waals surface area contributed by atoms with Crippen LogP contribution in [0.25, 0.3) is 0 Å². The summed E-state index contributed by atoms with van der Waals surface area (Å²) in [4.78, 5) is 35.1. The molecule has 0 aliphatic heterocycles. The van der Waals surface area contributed by atoms with Gasteiger partial charge in [-0.3, -0.25) is 14.4 Å². The number of nitrogens with one attached hydrogen (secondary N) is 2. The number of hydrogen-bond donors (Lipinski definition) is 5. The van der Waals surface area contributed by atoms with Crippen LogP contribution in [0.4, 0.5) is 0 Å². The summed E-state index contributed by atoms with van der Waals surface area (Å²) in [5.41, 5.74) is 4.74. The highest BCUT2D eigenvalue weighted by atomic mass is 32.2. The van der Waals surface area contributed by atoms with Gasteiger partial charge in [-0.2, -0.15) is 17.4 Å². The number of carbonyl (C=O) groups is 3. The lowest BCUT2D eigenvalue weighted by atomic mass is 9.99. The van der Waals surface area contributed by atoms with Crippen molar-refractivity contribution in [1.82, 2.24) is 14.3 Å². The van der Waals surface area contributed by atoms with Crippen LogP contribution in [-0.2, 0) is 31.0 Å². The predicted octanol–water partition coefficient (Wildman–Crippen LogP) is 0.632. The second-order valence-electron chi connectivity index (χ2n) is 10.2. The van der Waals surface area contributed by atoms with Crippen molar-refractivity contribution in [3.05, 3.63) is 35.9 Å². The number of benzene rings is 1. The van der Waals surface area contributed by atoms with Crippen LogP contribution in [0.3, 0.4) is 0 Å². The molecule has 204 valence electrons. The first-order chi connectivity index (χ1) is 16.5. The number of nitrogens with two attached hydrogens (primary N) is 1. The van der Waals surface area contributed by atoms with Crippen LogP contribution >= 0.6 is 0 Å². The SMILES string of the molecule is CC(C)CN(CC(O)C(Cc1ccccc1)NC(=O)C(C)CC(N)=O)S(=O)(=O)NC(C)(C)CC(=O)O. The Labute approximate surface area is 213 Å². The van der Waals surface area contributed by atoms with E-state index >= 15 is 0 Å². The number of carboxylic acids is 1. The molecule has 12 heteroatoms. The Morgan fingerprint density at radius 3 is 2.17 bits per heavy atom. The molecule has 2 amide bonds. The van der Waals surface area contributed by atoms with E-state index in [-0.39, 0.29) is 31.8 Å². The summed E-state index contributed by atoms with van der Waals surface area (Å²) in [5.74, 6) is -3.13. The minimum absolute atomic E-state index is 0.0552. The molecule has 0 aromatic heterocycles. The summed E-state index contributed by atoms with van der Waals surface area (Å²) in [7, 11) is -4.20. The average Bonchev–Trinajstić information content (AvgIpc) is 2.70. The summed E-state index contributed by atoms with van der Waals surface area (Å²) >= 11 is 0. The lowest BCUT2D eigenvalue weighted by Crippen LogP contribution is -2.56. The van der Waals surface area contributed by atoms with Gasteiger partial charge >= 0.3 is 5.97 Å². The molecule has 1 aromatic carbocycles. The number of rotatable bonds is 16. The Kier molecular flexibility index (Phi) is 12.0. The van der Waals surface area contributed by atoms with Gasteiger partial charge in [-0.05, 0) is 31.7 Å². The van der Waals surface area contributed by atoms with Crippen molar-refractivity contribution in [2.75, 3.05) is 13.1 Å². The number of aliphatic hydroxyl groups is 1. The van der Waals surface area contributed by atoms with Crippen molar-refractivity contribution in [3.63, 3.8) is 0 Å². The molecule has 36 heavy (non-hydrogen) atoms. The smallest absolute Gasteiger partial charge is 0.305 e. The maximum atomic E-state index is 13.2. The third-order valence-electron chi connectivity index (χ3n) is 5.34. The average molecular weight is 529 g/mol. The molecule has 0 bridgehead atoms. The molecule has 11 nitrogen and oxygen atoms in total. The lowest BCUT2D eigenvalue weighted by Gasteiger charge is -2.33. The molecule has 0 radical (unpaired) electrons. The van der Waals surface area contributed by atoms with E-state index < -0.39 is 58.0 Å². The van der Waals surface area contributed by atoms with Gasteiger partial charge in [-0.15, -0.1) is 0 Å². The Balaban J connectivity index is 3.19. The monoisotopic (exact) mass is 528 g/mol. The van der Waals surface area contributed by atoms with Crippen LogP contribution in [-0.4, -0.2) is 71.5 Å². The fourth-order valence-electron chi connectivity index (χ4n) is 3.71. The number of aliphatic hydroxyl groups excluding tert-OH is 1. The number of carboxylic acid groups (broad SMARTS) is 1. The van der Waals surface area contributed by atoms with E-state index in [9.17, 15) is 27.9 Å². The molecular weight excluding hydrogens is 488 g/mol. The number of carbonyl (C=O) groups excluding carboxylic acids is 2. The third kappa shape index (κ3) is 11.5. The summed E-state index contributed by atoms with van der Waals surface area (Å²) in [6, 6.07) is 8.20. The molecular formula is C24H40N4O7S. The van der Waals surface area contributed by atoms with Crippen molar-refractivity contribution in [2.45, 2.75) is 71.6 Å². The predicted molar refractivity (Wildman–Crippen MR) is 136 cm³/mol. The standard InChI is InChI=1S/C24H40N4O7S/c1-16(2)14-28(36(34,35)27-24(4,5)13-22(31)32)15-20(29)19(12-18-9-7-6-8-10-18)26-23(33)17(3)11-21(25)30/h6-10,16-17,19-20,27,29H,11-15H2,1-5H3,(H2,25,30)(H,26,33)(H,31,32). The van der Waals surface area contributed by atoms with Crippen molar-refractivity contribution >= 4 is 28.0 Å². The molecule has 1 aromatic rings. The zero-order chi connectivity index (χ0) is 27.7. The molecule has 0 spiro atoms. The highest BCUT2D eigenvalue weighted by Gasteiger charge is 2.35. The van der Waals surface area contributed by atoms with Gasteiger partial charge in [-0.1, -0.05) is 51.1 Å². The Bertz CT molecular complexity index is 983. The maximum Gasteiger partial charge on any atom is 0.305 e. The van der Waals surface area contributed by atoms with E-state index in [1.54, 1.807) is 12.1 Å². The number of nitrogens with zero attached hydrogens (tertiary/aromatic N) is 1. The molecule has 0 heterocycles. The molecule has 6 N–H and O–H groups in total. The second kappa shape index (κ2) is 13.7. The Morgan fingerprint density at radius 2 is 1.67 bits per heavy atom. The largest absolute Gasteiger partial charge is 0.481 e. The summed E-state index contributed by atoms with van der Waals surface area (Å²) in [6.45, 7) is 7.79. The van der Waals surface area contributed by atoms with Crippen LogP contribution in [0.5, 0.6) is 0 Å². The van der Waals surface area contributed by atoms with Crippen molar-refractivity contribution < 1.29 is 33.0 Å². The molecule has 1 rings (SSSR count). The van der Waals surface area contributed by atoms with Crippen LogP contribution in [0, 0.1) is 11.8 Å². The van der Waals surface area contributed by atoms with E-state index in [0.29, 0.717) is 0 Å². The minimum atomic E-state index is -4.20. The molecule has 0 aliphatic rings. The lowest BCUT2D eigenvalue weighted by molar-refractivity contribution is -0.138. The number of primary amides is 1. The van der Waals surface area contributed by atoms with Crippen molar-refractivity contribution in [1.29, 1.82) is 0 Å². The topological polar surface area (TPSA) is 179 Å². The van der Waals surface area contributed by atoms with E-state index in [0.717, 1.165) is 9.87 Å². The van der Waals surface area contributed by atoms with Crippen LogP contribution in [0.1, 0.15) is 53.0 Å². The Hall–Kier alpha value is -2.54. The highest BCUT2D eigenvalue weighted by Crippen LogP contribution is 2.16. The molecule has 0 aliphatic carbocycles. The zero-order valence-corrected chi connectivity index (χ0v) is 22.4. The van der Waals surface area contributed by atoms with Crippen LogP contribution in [0.2, 0.25) is 0 Å². The van der Waals surface area contributed by atoms with Crippen LogP contribution < -0.4 is 15.8 Å². The van der Waals surface area contributed by atoms with E-state index in [1.807, 2.05) is 32.0 Å². The molecule has 0 fully saturated rings. The van der Waals surface area contributed by atoms with Crippen LogP contribution in [0.15, 0.2) is 30.3 Å². The Morgan fingerprint density at radius 1 is 1.08 bits per heavy atom. The zero-order valence-electron chi connectivity index (χ0n) is 21.6. The van der Waals surface area contributed by atoms with E-state index in [2.05, 4.69) is 10.0 Å².